The molecular formula is C26H31F3N4O4. The predicted molar refractivity (Wildman–Crippen MR) is 131 cm³/mol. The Morgan fingerprint density at radius 1 is 1.16 bits per heavy atom. The minimum atomic E-state index is -4.55. The average molecular weight is 521 g/mol. The number of nitrogens with one attached hydrogen (secondary N) is 2. The smallest absolute Gasteiger partial charge is 0.416 e. The topological polar surface area (TPSA) is 103 Å². The number of ether oxygens (including phenoxy) is 1. The third kappa shape index (κ3) is 6.98. The molecule has 0 aromatic heterocycles. The summed E-state index contributed by atoms with van der Waals surface area (Å²) in [6.45, 7) is 1.81. The Bertz CT molecular complexity index is 1070. The Kier molecular flexibility index (Phi) is 8.33. The van der Waals surface area contributed by atoms with Crippen LogP contribution in [-0.2, 0) is 15.7 Å². The van der Waals surface area contributed by atoms with Crippen molar-refractivity contribution in [2.24, 2.45) is 4.99 Å². The van der Waals surface area contributed by atoms with Gasteiger partial charge in [-0.3, -0.25) is 14.5 Å². The third-order valence-electron chi connectivity index (χ3n) is 6.87. The quantitative estimate of drug-likeness (QED) is 0.535. The first kappa shape index (κ1) is 26.9. The highest BCUT2D eigenvalue weighted by molar-refractivity contribution is 5.96. The molecule has 0 radical (unpaired) electrons. The molecule has 1 aromatic rings. The monoisotopic (exact) mass is 520 g/mol. The van der Waals surface area contributed by atoms with Crippen molar-refractivity contribution in [3.05, 3.63) is 59.7 Å². The summed E-state index contributed by atoms with van der Waals surface area (Å²) >= 11 is 0. The highest BCUT2D eigenvalue weighted by atomic mass is 19.4. The summed E-state index contributed by atoms with van der Waals surface area (Å²) in [5.41, 5.74) is -2.15. The molecule has 2 amide bonds. The van der Waals surface area contributed by atoms with Gasteiger partial charge in [0.15, 0.2) is 0 Å². The van der Waals surface area contributed by atoms with E-state index in [2.05, 4.69) is 20.5 Å². The second-order valence-corrected chi connectivity index (χ2v) is 9.56. The molecule has 2 fully saturated rings. The van der Waals surface area contributed by atoms with Gasteiger partial charge < -0.3 is 20.5 Å². The van der Waals surface area contributed by atoms with Gasteiger partial charge >= 0.3 is 6.18 Å². The van der Waals surface area contributed by atoms with Gasteiger partial charge in [-0.2, -0.15) is 13.2 Å². The lowest BCUT2D eigenvalue weighted by atomic mass is 9.80. The van der Waals surface area contributed by atoms with Crippen LogP contribution in [0.25, 0.3) is 0 Å². The highest BCUT2D eigenvalue weighted by Crippen LogP contribution is 2.34. The van der Waals surface area contributed by atoms with Gasteiger partial charge in [0, 0.05) is 24.7 Å². The molecule has 0 bridgehead atoms. The van der Waals surface area contributed by atoms with E-state index in [-0.39, 0.29) is 24.2 Å². The van der Waals surface area contributed by atoms with Crippen molar-refractivity contribution in [1.29, 1.82) is 0 Å². The number of hydrogen-bond acceptors (Lipinski definition) is 6. The number of halogens is 3. The SMILES string of the molecule is O=C(CNC(=O)c1cccc(C(F)(F)F)c1)NC1CN(C2CCC(O)(/C3=N/C/C=C\C=C/CO3)CC2)C1. The normalized spacial score (nSPS) is 28.2. The standard InChI is InChI=1S/C26H31F3N4O4/c27-26(28,29)19-7-5-6-18(14-19)23(35)31-15-22(34)32-20-16-33(17-20)21-8-10-25(36,11-9-21)24-30-12-3-1-2-4-13-37-24/h1-7,14,20-21,36H,8-13,15-17H2,(H,31,35)(H,32,34)/b3-1-,4-2-,30-24-. The van der Waals surface area contributed by atoms with Crippen LogP contribution >= 0.6 is 0 Å². The van der Waals surface area contributed by atoms with Crippen LogP contribution in [-0.4, -0.2) is 78.2 Å². The third-order valence-corrected chi connectivity index (χ3v) is 6.87. The average Bonchev–Trinajstić information content (AvgIpc) is 2.99. The second kappa shape index (κ2) is 11.5. The molecule has 2 heterocycles. The number of allylic oxidation sites excluding steroid dienone is 2. The van der Waals surface area contributed by atoms with Crippen molar-refractivity contribution in [1.82, 2.24) is 15.5 Å². The van der Waals surface area contributed by atoms with E-state index in [0.717, 1.165) is 31.0 Å². The van der Waals surface area contributed by atoms with Crippen molar-refractivity contribution in [3.8, 4) is 0 Å². The van der Waals surface area contributed by atoms with Crippen LogP contribution in [0, 0.1) is 0 Å². The molecule has 0 unspecified atom stereocenters. The number of aliphatic imine (C=N–C) groups is 1. The molecule has 200 valence electrons. The number of hydrogen-bond donors (Lipinski definition) is 3. The molecule has 3 aliphatic rings. The largest absolute Gasteiger partial charge is 0.475 e. The van der Waals surface area contributed by atoms with Gasteiger partial charge in [0.05, 0.1) is 24.7 Å². The van der Waals surface area contributed by atoms with Gasteiger partial charge in [-0.1, -0.05) is 24.3 Å². The van der Waals surface area contributed by atoms with Crippen molar-refractivity contribution in [2.45, 2.75) is 49.5 Å². The minimum Gasteiger partial charge on any atom is -0.475 e. The molecule has 11 heteroatoms. The van der Waals surface area contributed by atoms with Crippen LogP contribution in [0.4, 0.5) is 13.2 Å². The molecule has 4 rings (SSSR count). The Morgan fingerprint density at radius 2 is 1.89 bits per heavy atom. The highest BCUT2D eigenvalue weighted by Gasteiger charge is 2.43. The number of aliphatic hydroxyl groups is 1. The van der Waals surface area contributed by atoms with Crippen LogP contribution in [0.5, 0.6) is 0 Å². The Labute approximate surface area is 213 Å². The maximum Gasteiger partial charge on any atom is 0.416 e. The minimum absolute atomic E-state index is 0.0700. The zero-order valence-corrected chi connectivity index (χ0v) is 20.3. The summed E-state index contributed by atoms with van der Waals surface area (Å²) in [5, 5.41) is 16.3. The van der Waals surface area contributed by atoms with Crippen molar-refractivity contribution < 1.29 is 32.6 Å². The van der Waals surface area contributed by atoms with Gasteiger partial charge in [-0.15, -0.1) is 0 Å². The van der Waals surface area contributed by atoms with Gasteiger partial charge in [-0.25, -0.2) is 4.99 Å². The molecule has 37 heavy (non-hydrogen) atoms. The summed E-state index contributed by atoms with van der Waals surface area (Å²) in [6, 6.07) is 4.28. The van der Waals surface area contributed by atoms with Crippen molar-refractivity contribution in [3.63, 3.8) is 0 Å². The molecular weight excluding hydrogens is 489 g/mol. The van der Waals surface area contributed by atoms with E-state index < -0.39 is 29.2 Å². The first-order chi connectivity index (χ1) is 17.6. The fraction of sp³-hybridized carbons (Fsp3) is 0.500. The Balaban J connectivity index is 1.17. The van der Waals surface area contributed by atoms with E-state index in [0.29, 0.717) is 45.0 Å². The fourth-order valence-corrected chi connectivity index (χ4v) is 4.80. The van der Waals surface area contributed by atoms with E-state index in [1.54, 1.807) is 0 Å². The predicted octanol–water partition coefficient (Wildman–Crippen LogP) is 2.45. The zero-order valence-electron chi connectivity index (χ0n) is 20.3. The molecule has 0 atom stereocenters. The van der Waals surface area contributed by atoms with Crippen molar-refractivity contribution >= 4 is 17.7 Å². The summed E-state index contributed by atoms with van der Waals surface area (Å²) in [4.78, 5) is 31.1. The molecule has 8 nitrogen and oxygen atoms in total. The van der Waals surface area contributed by atoms with Crippen LogP contribution in [0.1, 0.15) is 41.6 Å². The number of likely N-dealkylation sites (tertiary alicyclic amines) is 1. The molecule has 1 aromatic carbocycles. The number of carbonyl (C=O) groups is 2. The van der Waals surface area contributed by atoms with E-state index in [9.17, 15) is 27.9 Å². The number of rotatable bonds is 6. The summed E-state index contributed by atoms with van der Waals surface area (Å²) in [6.07, 6.45) is 5.66. The molecule has 1 aliphatic carbocycles. The lowest BCUT2D eigenvalue weighted by Crippen LogP contribution is -2.64. The van der Waals surface area contributed by atoms with E-state index >= 15 is 0 Å². The van der Waals surface area contributed by atoms with E-state index in [1.165, 1.54) is 6.07 Å². The summed E-state index contributed by atoms with van der Waals surface area (Å²) in [7, 11) is 0. The van der Waals surface area contributed by atoms with E-state index in [1.807, 2.05) is 24.3 Å². The number of benzene rings is 1. The molecule has 3 N–H and O–H groups in total. The molecule has 1 saturated carbocycles. The van der Waals surface area contributed by atoms with Crippen LogP contribution in [0.2, 0.25) is 0 Å². The number of alkyl halides is 3. The summed E-state index contributed by atoms with van der Waals surface area (Å²) < 4.78 is 44.2. The molecule has 0 spiro atoms. The second-order valence-electron chi connectivity index (χ2n) is 9.56. The maximum absolute atomic E-state index is 12.8. The zero-order chi connectivity index (χ0) is 26.5. The van der Waals surface area contributed by atoms with E-state index in [4.69, 9.17) is 4.74 Å². The lowest BCUT2D eigenvalue weighted by Gasteiger charge is -2.48. The lowest BCUT2D eigenvalue weighted by molar-refractivity contribution is -0.137. The van der Waals surface area contributed by atoms with Gasteiger partial charge in [0.1, 0.15) is 12.2 Å². The van der Waals surface area contributed by atoms with Gasteiger partial charge in [0.25, 0.3) is 5.91 Å². The summed E-state index contributed by atoms with van der Waals surface area (Å²) in [5.74, 6) is -0.753. The number of nitrogens with zero attached hydrogens (tertiary/aromatic N) is 2. The molecule has 1 saturated heterocycles. The van der Waals surface area contributed by atoms with Gasteiger partial charge in [-0.05, 0) is 50.0 Å². The fourth-order valence-electron chi connectivity index (χ4n) is 4.80. The first-order valence-corrected chi connectivity index (χ1v) is 12.3. The Hall–Kier alpha value is -3.18. The van der Waals surface area contributed by atoms with Gasteiger partial charge in [0.2, 0.25) is 11.8 Å². The Morgan fingerprint density at radius 3 is 2.62 bits per heavy atom. The maximum atomic E-state index is 12.8. The van der Waals surface area contributed by atoms with Crippen LogP contribution < -0.4 is 10.6 Å². The number of amides is 2. The van der Waals surface area contributed by atoms with Crippen LogP contribution in [0.15, 0.2) is 53.6 Å². The first-order valence-electron chi connectivity index (χ1n) is 12.3. The van der Waals surface area contributed by atoms with Crippen molar-refractivity contribution in [2.75, 3.05) is 32.8 Å². The number of carbonyl (C=O) groups excluding carboxylic acids is 2. The molecule has 2 aliphatic heterocycles. The van der Waals surface area contributed by atoms with Crippen LogP contribution in [0.3, 0.4) is 0 Å².